The molecule has 0 bridgehead atoms. The Morgan fingerprint density at radius 2 is 1.93 bits per heavy atom. The number of aryl methyl sites for hydroxylation is 2. The van der Waals surface area contributed by atoms with Crippen LogP contribution >= 0.6 is 0 Å². The molecule has 1 aliphatic rings. The molecule has 0 amide bonds. The topological polar surface area (TPSA) is 74.1 Å². The predicted octanol–water partition coefficient (Wildman–Crippen LogP) is 3.89. The largest absolute Gasteiger partial charge is 0.379 e. The summed E-state index contributed by atoms with van der Waals surface area (Å²) in [5.74, 6) is 1.34. The molecule has 146 valence electrons. The quantitative estimate of drug-likeness (QED) is 0.620. The van der Waals surface area contributed by atoms with Crippen LogP contribution in [0.2, 0.25) is 0 Å². The molecule has 1 aromatic heterocycles. The molecule has 0 atom stereocenters. The summed E-state index contributed by atoms with van der Waals surface area (Å²) in [6.07, 6.45) is 4.20. The first-order valence-corrected chi connectivity index (χ1v) is 10.6. The molecule has 0 spiro atoms. The van der Waals surface area contributed by atoms with Gasteiger partial charge in [-0.05, 0) is 55.7 Å². The number of fused-ring (bicyclic) bond motifs is 1. The normalized spacial score (nSPS) is 14.4. The van der Waals surface area contributed by atoms with E-state index < -0.39 is 15.9 Å². The van der Waals surface area contributed by atoms with Gasteiger partial charge in [-0.2, -0.15) is 8.42 Å². The first-order valence-electron chi connectivity index (χ1n) is 9.17. The molecule has 0 saturated heterocycles. The maximum absolute atomic E-state index is 13.3. The van der Waals surface area contributed by atoms with Crippen LogP contribution in [0.3, 0.4) is 0 Å². The third kappa shape index (κ3) is 3.64. The Hall–Kier alpha value is -2.74. The Labute approximate surface area is 163 Å². The van der Waals surface area contributed by atoms with Crippen LogP contribution in [0.25, 0.3) is 11.4 Å². The van der Waals surface area contributed by atoms with Gasteiger partial charge in [-0.1, -0.05) is 18.6 Å². The summed E-state index contributed by atoms with van der Waals surface area (Å²) in [5, 5.41) is 8.58. The van der Waals surface area contributed by atoms with Gasteiger partial charge in [-0.15, -0.1) is 10.2 Å². The van der Waals surface area contributed by atoms with Crippen molar-refractivity contribution in [2.24, 2.45) is 0 Å². The van der Waals surface area contributed by atoms with Gasteiger partial charge >= 0.3 is 10.1 Å². The molecule has 0 saturated carbocycles. The second-order valence-electron chi connectivity index (χ2n) is 6.88. The summed E-state index contributed by atoms with van der Waals surface area (Å²) < 4.78 is 45.9. The van der Waals surface area contributed by atoms with Gasteiger partial charge in [0, 0.05) is 18.5 Å². The number of hydrogen-bond acceptors (Lipinski definition) is 5. The zero-order valence-corrected chi connectivity index (χ0v) is 16.2. The lowest BCUT2D eigenvalue weighted by atomic mass is 10.2. The Morgan fingerprint density at radius 1 is 1.07 bits per heavy atom. The van der Waals surface area contributed by atoms with Crippen molar-refractivity contribution in [1.29, 1.82) is 0 Å². The Morgan fingerprint density at radius 3 is 2.75 bits per heavy atom. The first kappa shape index (κ1) is 18.6. The summed E-state index contributed by atoms with van der Waals surface area (Å²) in [5.41, 5.74) is 1.03. The first-order chi connectivity index (χ1) is 13.4. The van der Waals surface area contributed by atoms with Gasteiger partial charge in [0.15, 0.2) is 5.82 Å². The van der Waals surface area contributed by atoms with Crippen LogP contribution < -0.4 is 4.18 Å². The summed E-state index contributed by atoms with van der Waals surface area (Å²) in [4.78, 5) is -0.0596. The average molecular weight is 401 g/mol. The molecular formula is C20H20FN3O3S. The molecular weight excluding hydrogens is 381 g/mol. The van der Waals surface area contributed by atoms with Crippen molar-refractivity contribution in [3.05, 3.63) is 59.7 Å². The molecule has 2 aromatic carbocycles. The second kappa shape index (κ2) is 7.35. The van der Waals surface area contributed by atoms with Crippen molar-refractivity contribution in [1.82, 2.24) is 14.8 Å². The van der Waals surface area contributed by atoms with Crippen molar-refractivity contribution in [2.45, 2.75) is 44.0 Å². The monoisotopic (exact) mass is 401 g/mol. The molecule has 8 heteroatoms. The summed E-state index contributed by atoms with van der Waals surface area (Å²) in [6.45, 7) is 2.37. The molecule has 0 N–H and O–H groups in total. The fourth-order valence-corrected chi connectivity index (χ4v) is 4.59. The van der Waals surface area contributed by atoms with Gasteiger partial charge < -0.3 is 8.75 Å². The molecule has 6 nitrogen and oxygen atoms in total. The van der Waals surface area contributed by atoms with E-state index in [9.17, 15) is 12.8 Å². The van der Waals surface area contributed by atoms with E-state index in [0.29, 0.717) is 11.4 Å². The highest BCUT2D eigenvalue weighted by atomic mass is 32.2. The van der Waals surface area contributed by atoms with Crippen LogP contribution in [-0.2, 0) is 23.1 Å². The molecule has 0 aliphatic carbocycles. The van der Waals surface area contributed by atoms with Gasteiger partial charge in [-0.3, -0.25) is 0 Å². The van der Waals surface area contributed by atoms with Gasteiger partial charge in [-0.25, -0.2) is 4.39 Å². The van der Waals surface area contributed by atoms with Crippen LogP contribution in [0.4, 0.5) is 4.39 Å². The van der Waals surface area contributed by atoms with Crippen LogP contribution in [0.1, 0.15) is 30.7 Å². The number of hydrogen-bond donors (Lipinski definition) is 0. The van der Waals surface area contributed by atoms with E-state index in [2.05, 4.69) is 14.8 Å². The van der Waals surface area contributed by atoms with E-state index in [0.717, 1.165) is 55.7 Å². The van der Waals surface area contributed by atoms with Crippen molar-refractivity contribution < 1.29 is 17.0 Å². The fourth-order valence-electron chi connectivity index (χ4n) is 3.45. The molecule has 3 aromatic rings. The van der Waals surface area contributed by atoms with Crippen molar-refractivity contribution >= 4 is 10.1 Å². The highest BCUT2D eigenvalue weighted by molar-refractivity contribution is 7.87. The smallest absolute Gasteiger partial charge is 0.339 e. The van der Waals surface area contributed by atoms with Gasteiger partial charge in [0.2, 0.25) is 0 Å². The van der Waals surface area contributed by atoms with E-state index >= 15 is 0 Å². The SMILES string of the molecule is Cc1cc(F)ccc1S(=O)(=O)Oc1cccc(-c2nnc3n2CCCCC3)c1. The second-order valence-corrected chi connectivity index (χ2v) is 8.39. The molecule has 0 unspecified atom stereocenters. The highest BCUT2D eigenvalue weighted by Gasteiger charge is 2.21. The number of halogens is 1. The minimum Gasteiger partial charge on any atom is -0.379 e. The van der Waals surface area contributed by atoms with Crippen molar-refractivity contribution in [2.75, 3.05) is 0 Å². The van der Waals surface area contributed by atoms with E-state index in [4.69, 9.17) is 4.18 Å². The molecule has 4 rings (SSSR count). The maximum Gasteiger partial charge on any atom is 0.339 e. The van der Waals surface area contributed by atoms with Crippen LogP contribution in [0.15, 0.2) is 47.4 Å². The fraction of sp³-hybridized carbons (Fsp3) is 0.300. The minimum atomic E-state index is -4.08. The summed E-state index contributed by atoms with van der Waals surface area (Å²) in [6, 6.07) is 10.3. The lowest BCUT2D eigenvalue weighted by molar-refractivity contribution is 0.485. The Kier molecular flexibility index (Phi) is 4.89. The van der Waals surface area contributed by atoms with Crippen molar-refractivity contribution in [3.8, 4) is 17.1 Å². The minimum absolute atomic E-state index is 0.0596. The molecule has 0 radical (unpaired) electrons. The zero-order chi connectivity index (χ0) is 19.7. The third-order valence-corrected chi connectivity index (χ3v) is 6.22. The summed E-state index contributed by atoms with van der Waals surface area (Å²) in [7, 11) is -4.08. The number of nitrogens with zero attached hydrogens (tertiary/aromatic N) is 3. The Balaban J connectivity index is 1.65. The molecule has 1 aliphatic heterocycles. The maximum atomic E-state index is 13.3. The van der Waals surface area contributed by atoms with Gasteiger partial charge in [0.25, 0.3) is 0 Å². The van der Waals surface area contributed by atoms with Crippen LogP contribution in [-0.4, -0.2) is 23.2 Å². The zero-order valence-electron chi connectivity index (χ0n) is 15.4. The molecule has 0 fully saturated rings. The summed E-state index contributed by atoms with van der Waals surface area (Å²) >= 11 is 0. The predicted molar refractivity (Wildman–Crippen MR) is 102 cm³/mol. The van der Waals surface area contributed by atoms with Gasteiger partial charge in [0.1, 0.15) is 22.3 Å². The van der Waals surface area contributed by atoms with Crippen molar-refractivity contribution in [3.63, 3.8) is 0 Å². The van der Waals surface area contributed by atoms with E-state index in [1.54, 1.807) is 18.2 Å². The average Bonchev–Trinajstić information content (AvgIpc) is 2.90. The standard InChI is InChI=1S/C20H20FN3O3S/c1-14-12-16(21)9-10-18(14)28(25,26)27-17-7-5-6-15(13-17)20-23-22-19-8-3-2-4-11-24(19)20/h5-7,9-10,12-13H,2-4,8,11H2,1H3. The van der Waals surface area contributed by atoms with E-state index in [-0.39, 0.29) is 10.6 Å². The van der Waals surface area contributed by atoms with E-state index in [1.165, 1.54) is 13.0 Å². The van der Waals surface area contributed by atoms with Crippen LogP contribution in [0, 0.1) is 12.7 Å². The highest BCUT2D eigenvalue weighted by Crippen LogP contribution is 2.28. The van der Waals surface area contributed by atoms with E-state index in [1.807, 2.05) is 6.07 Å². The molecule has 2 heterocycles. The van der Waals surface area contributed by atoms with Gasteiger partial charge in [0.05, 0.1) is 0 Å². The Bertz CT molecular complexity index is 1130. The lowest BCUT2D eigenvalue weighted by Gasteiger charge is -2.11. The lowest BCUT2D eigenvalue weighted by Crippen LogP contribution is -2.11. The van der Waals surface area contributed by atoms with Crippen LogP contribution in [0.5, 0.6) is 5.75 Å². The third-order valence-electron chi connectivity index (χ3n) is 4.81. The number of aromatic nitrogens is 3. The number of rotatable bonds is 4. The number of benzene rings is 2. The molecule has 28 heavy (non-hydrogen) atoms.